The zero-order chi connectivity index (χ0) is 19.0. The Morgan fingerprint density at radius 1 is 1.11 bits per heavy atom. The number of amides is 1. The first kappa shape index (κ1) is 17.0. The molecule has 0 aliphatic carbocycles. The number of rotatable bonds is 4. The second kappa shape index (κ2) is 6.72. The molecule has 0 saturated carbocycles. The van der Waals surface area contributed by atoms with Crippen molar-refractivity contribution in [2.24, 2.45) is 0 Å². The predicted molar refractivity (Wildman–Crippen MR) is 105 cm³/mol. The van der Waals surface area contributed by atoms with Crippen molar-refractivity contribution in [1.82, 2.24) is 19.5 Å². The van der Waals surface area contributed by atoms with Crippen molar-refractivity contribution < 1.29 is 4.79 Å². The van der Waals surface area contributed by atoms with Crippen LogP contribution in [0.5, 0.6) is 0 Å². The van der Waals surface area contributed by atoms with E-state index in [0.29, 0.717) is 5.65 Å². The van der Waals surface area contributed by atoms with Crippen LogP contribution in [-0.2, 0) is 11.3 Å². The van der Waals surface area contributed by atoms with Gasteiger partial charge in [-0.25, -0.2) is 4.52 Å². The molecule has 27 heavy (non-hydrogen) atoms. The van der Waals surface area contributed by atoms with E-state index in [1.807, 2.05) is 77.6 Å². The fourth-order valence-corrected chi connectivity index (χ4v) is 3.47. The largest absolute Gasteiger partial charge is 0.348 e. The first-order valence-electron chi connectivity index (χ1n) is 8.87. The molecule has 1 N–H and O–H groups in total. The van der Waals surface area contributed by atoms with Gasteiger partial charge in [-0.15, -0.1) is 0 Å². The van der Waals surface area contributed by atoms with Crippen LogP contribution in [0, 0.1) is 6.92 Å². The van der Waals surface area contributed by atoms with Gasteiger partial charge in [0, 0.05) is 17.1 Å². The van der Waals surface area contributed by atoms with Crippen molar-refractivity contribution >= 4 is 22.5 Å². The van der Waals surface area contributed by atoms with Crippen LogP contribution in [0.4, 0.5) is 0 Å². The van der Waals surface area contributed by atoms with E-state index in [2.05, 4.69) is 10.3 Å². The highest BCUT2D eigenvalue weighted by Gasteiger charge is 2.16. The minimum absolute atomic E-state index is 0.0933. The lowest BCUT2D eigenvalue weighted by molar-refractivity contribution is -0.122. The number of carbonyl (C=O) groups is 1. The van der Waals surface area contributed by atoms with E-state index in [-0.39, 0.29) is 24.1 Å². The summed E-state index contributed by atoms with van der Waals surface area (Å²) in [5.41, 5.74) is 2.94. The summed E-state index contributed by atoms with van der Waals surface area (Å²) >= 11 is 0. The summed E-state index contributed by atoms with van der Waals surface area (Å²) in [6, 6.07) is 18.9. The van der Waals surface area contributed by atoms with E-state index < -0.39 is 0 Å². The number of aryl methyl sites for hydroxylation is 1. The Morgan fingerprint density at radius 3 is 2.59 bits per heavy atom. The maximum absolute atomic E-state index is 12.7. The molecule has 6 nitrogen and oxygen atoms in total. The maximum atomic E-state index is 12.7. The second-order valence-electron chi connectivity index (χ2n) is 6.65. The van der Waals surface area contributed by atoms with Gasteiger partial charge >= 0.3 is 0 Å². The number of hydrogen-bond acceptors (Lipinski definition) is 3. The monoisotopic (exact) mass is 360 g/mol. The number of aromatic nitrogens is 3. The standard InChI is InChI=1S/C21H20N4O2/c1-14-12-19(26)23-21-17-10-6-7-11-18(17)24(25(14)21)13-20(27)22-15(2)16-8-4-3-5-9-16/h3-12,15H,13H2,1-2H3,(H,22,27)/t15-/m0/s1. The Bertz CT molecular complexity index is 1190. The van der Waals surface area contributed by atoms with Crippen molar-refractivity contribution in [2.75, 3.05) is 0 Å². The van der Waals surface area contributed by atoms with Crippen LogP contribution in [-0.4, -0.2) is 20.1 Å². The van der Waals surface area contributed by atoms with Crippen LogP contribution >= 0.6 is 0 Å². The van der Waals surface area contributed by atoms with Gasteiger partial charge in [-0.2, -0.15) is 4.98 Å². The van der Waals surface area contributed by atoms with E-state index >= 15 is 0 Å². The number of carbonyl (C=O) groups excluding carboxylic acids is 1. The zero-order valence-electron chi connectivity index (χ0n) is 15.2. The molecule has 1 amide bonds. The molecule has 0 bridgehead atoms. The molecule has 0 saturated heterocycles. The zero-order valence-corrected chi connectivity index (χ0v) is 15.2. The van der Waals surface area contributed by atoms with Crippen molar-refractivity contribution in [3.05, 3.63) is 82.3 Å². The molecule has 6 heteroatoms. The summed E-state index contributed by atoms with van der Waals surface area (Å²) in [5.74, 6) is -0.105. The summed E-state index contributed by atoms with van der Waals surface area (Å²) in [4.78, 5) is 28.8. The quantitative estimate of drug-likeness (QED) is 0.608. The molecule has 136 valence electrons. The number of nitrogens with one attached hydrogen (secondary N) is 1. The summed E-state index contributed by atoms with van der Waals surface area (Å²) in [6.07, 6.45) is 0. The Hall–Kier alpha value is -3.41. The van der Waals surface area contributed by atoms with Gasteiger partial charge in [0.15, 0.2) is 5.65 Å². The highest BCUT2D eigenvalue weighted by Crippen LogP contribution is 2.21. The van der Waals surface area contributed by atoms with Gasteiger partial charge in [0.25, 0.3) is 5.56 Å². The van der Waals surface area contributed by atoms with Crippen LogP contribution in [0.3, 0.4) is 0 Å². The second-order valence-corrected chi connectivity index (χ2v) is 6.65. The number of para-hydroxylation sites is 1. The molecule has 2 aromatic heterocycles. The Kier molecular flexibility index (Phi) is 4.24. The molecule has 1 atom stereocenters. The molecule has 4 rings (SSSR count). The first-order valence-corrected chi connectivity index (χ1v) is 8.87. The van der Waals surface area contributed by atoms with Crippen LogP contribution in [0.25, 0.3) is 16.6 Å². The SMILES string of the molecule is Cc1cc(=O)nc2c3ccccc3n(CC(=O)N[C@@H](C)c3ccccc3)n12. The lowest BCUT2D eigenvalue weighted by Gasteiger charge is -2.16. The molecule has 0 aliphatic heterocycles. The summed E-state index contributed by atoms with van der Waals surface area (Å²) in [7, 11) is 0. The minimum Gasteiger partial charge on any atom is -0.348 e. The van der Waals surface area contributed by atoms with Crippen molar-refractivity contribution in [3.8, 4) is 0 Å². The van der Waals surface area contributed by atoms with Crippen molar-refractivity contribution in [3.63, 3.8) is 0 Å². The molecule has 4 aromatic rings. The summed E-state index contributed by atoms with van der Waals surface area (Å²) in [6.45, 7) is 3.94. The smallest absolute Gasteiger partial charge is 0.273 e. The number of fused-ring (bicyclic) bond motifs is 3. The molecule has 0 radical (unpaired) electrons. The van der Waals surface area contributed by atoms with Crippen molar-refractivity contribution in [2.45, 2.75) is 26.4 Å². The number of nitrogens with zero attached hydrogens (tertiary/aromatic N) is 3. The molecule has 0 fully saturated rings. The molecule has 0 aliphatic rings. The topological polar surface area (TPSA) is 68.4 Å². The Morgan fingerprint density at radius 2 is 1.81 bits per heavy atom. The van der Waals surface area contributed by atoms with Gasteiger partial charge < -0.3 is 5.32 Å². The average Bonchev–Trinajstić information content (AvgIpc) is 2.96. The molecule has 2 aromatic carbocycles. The van der Waals surface area contributed by atoms with Gasteiger partial charge in [-0.1, -0.05) is 42.5 Å². The van der Waals surface area contributed by atoms with Gasteiger partial charge in [0.05, 0.1) is 11.6 Å². The third kappa shape index (κ3) is 3.10. The van der Waals surface area contributed by atoms with E-state index in [1.54, 1.807) is 0 Å². The lowest BCUT2D eigenvalue weighted by atomic mass is 10.1. The van der Waals surface area contributed by atoms with Gasteiger partial charge in [-0.3, -0.25) is 14.3 Å². The Labute approximate surface area is 156 Å². The minimum atomic E-state index is -0.280. The third-order valence-corrected chi connectivity index (χ3v) is 4.72. The molecule has 0 unspecified atom stereocenters. The number of benzene rings is 2. The lowest BCUT2D eigenvalue weighted by Crippen LogP contribution is -2.31. The molecule has 0 spiro atoms. The predicted octanol–water partition coefficient (Wildman–Crippen LogP) is 2.84. The summed E-state index contributed by atoms with van der Waals surface area (Å²) in [5, 5.41) is 3.89. The maximum Gasteiger partial charge on any atom is 0.273 e. The van der Waals surface area contributed by atoms with Gasteiger partial charge in [-0.05, 0) is 31.5 Å². The average molecular weight is 360 g/mol. The van der Waals surface area contributed by atoms with Crippen LogP contribution in [0.15, 0.2) is 65.5 Å². The van der Waals surface area contributed by atoms with Crippen LogP contribution in [0.1, 0.15) is 24.2 Å². The number of hydrogen-bond donors (Lipinski definition) is 1. The normalized spacial score (nSPS) is 12.4. The molecular weight excluding hydrogens is 340 g/mol. The molecular formula is C21H20N4O2. The van der Waals surface area contributed by atoms with E-state index in [0.717, 1.165) is 22.2 Å². The summed E-state index contributed by atoms with van der Waals surface area (Å²) < 4.78 is 3.69. The highest BCUT2D eigenvalue weighted by atomic mass is 16.2. The van der Waals surface area contributed by atoms with E-state index in [1.165, 1.54) is 6.07 Å². The van der Waals surface area contributed by atoms with Crippen LogP contribution < -0.4 is 10.9 Å². The van der Waals surface area contributed by atoms with Gasteiger partial charge in [0.2, 0.25) is 5.91 Å². The Balaban J connectivity index is 1.73. The fraction of sp³-hybridized carbons (Fsp3) is 0.190. The van der Waals surface area contributed by atoms with Crippen molar-refractivity contribution in [1.29, 1.82) is 0 Å². The van der Waals surface area contributed by atoms with Crippen LogP contribution in [0.2, 0.25) is 0 Å². The van der Waals surface area contributed by atoms with E-state index in [4.69, 9.17) is 0 Å². The van der Waals surface area contributed by atoms with Gasteiger partial charge in [0.1, 0.15) is 6.54 Å². The fourth-order valence-electron chi connectivity index (χ4n) is 3.47. The molecule has 2 heterocycles. The highest BCUT2D eigenvalue weighted by molar-refractivity contribution is 5.93. The third-order valence-electron chi connectivity index (χ3n) is 4.72. The first-order chi connectivity index (χ1) is 13.0. The van der Waals surface area contributed by atoms with E-state index in [9.17, 15) is 9.59 Å².